The van der Waals surface area contributed by atoms with Crippen LogP contribution in [0.15, 0.2) is 18.2 Å². The number of nitrogen functional groups attached to an aromatic ring is 1. The fraction of sp³-hybridized carbons (Fsp3) is 0.533. The van der Waals surface area contributed by atoms with Crippen LogP contribution >= 0.6 is 0 Å². The highest BCUT2D eigenvalue weighted by Gasteiger charge is 2.22. The van der Waals surface area contributed by atoms with E-state index >= 15 is 0 Å². The minimum absolute atomic E-state index is 0.153. The first-order valence-corrected chi connectivity index (χ1v) is 7.10. The van der Waals surface area contributed by atoms with Gasteiger partial charge in [-0.2, -0.15) is 0 Å². The topological polar surface area (TPSA) is 67.6 Å². The number of hydrogen-bond acceptors (Lipinski definition) is 4. The second kappa shape index (κ2) is 6.50. The Morgan fingerprint density at radius 2 is 2.05 bits per heavy atom. The molecule has 0 aliphatic carbocycles. The third-order valence-electron chi connectivity index (χ3n) is 3.65. The number of hydrogen-bond donors (Lipinski definition) is 2. The molecule has 1 saturated heterocycles. The predicted molar refractivity (Wildman–Crippen MR) is 80.9 cm³/mol. The first kappa shape index (κ1) is 14.5. The number of amides is 1. The van der Waals surface area contributed by atoms with E-state index in [1.54, 1.807) is 13.2 Å². The van der Waals surface area contributed by atoms with Crippen molar-refractivity contribution in [3.63, 3.8) is 0 Å². The van der Waals surface area contributed by atoms with Gasteiger partial charge in [-0.05, 0) is 38.3 Å². The summed E-state index contributed by atoms with van der Waals surface area (Å²) in [5.41, 5.74) is 7.21. The molecule has 1 aliphatic rings. The summed E-state index contributed by atoms with van der Waals surface area (Å²) in [6.45, 7) is 3.63. The molecule has 1 amide bonds. The van der Waals surface area contributed by atoms with Crippen molar-refractivity contribution in [3.8, 4) is 5.75 Å². The summed E-state index contributed by atoms with van der Waals surface area (Å²) in [7, 11) is 1.58. The van der Waals surface area contributed by atoms with E-state index in [1.165, 1.54) is 6.42 Å². The van der Waals surface area contributed by atoms with Crippen LogP contribution in [0.1, 0.15) is 26.2 Å². The Labute approximate surface area is 120 Å². The molecular weight excluding hydrogens is 254 g/mol. The van der Waals surface area contributed by atoms with Crippen molar-refractivity contribution in [2.45, 2.75) is 32.2 Å². The van der Waals surface area contributed by atoms with Gasteiger partial charge in [-0.3, -0.25) is 4.79 Å². The second-order valence-electron chi connectivity index (χ2n) is 5.21. The van der Waals surface area contributed by atoms with Crippen molar-refractivity contribution < 1.29 is 9.53 Å². The molecule has 5 nitrogen and oxygen atoms in total. The summed E-state index contributed by atoms with van der Waals surface area (Å²) < 4.78 is 5.18. The molecule has 20 heavy (non-hydrogen) atoms. The van der Waals surface area contributed by atoms with Gasteiger partial charge >= 0.3 is 0 Å². The highest BCUT2D eigenvalue weighted by molar-refractivity contribution is 5.84. The van der Waals surface area contributed by atoms with Crippen LogP contribution in [-0.2, 0) is 4.79 Å². The van der Waals surface area contributed by atoms with Crippen LogP contribution in [0.4, 0.5) is 11.4 Å². The number of carbonyl (C=O) groups is 1. The number of nitrogens with one attached hydrogen (secondary N) is 1. The molecule has 1 aromatic carbocycles. The van der Waals surface area contributed by atoms with Gasteiger partial charge in [-0.25, -0.2) is 0 Å². The Morgan fingerprint density at radius 3 is 2.70 bits per heavy atom. The first-order chi connectivity index (χ1) is 9.61. The Kier molecular flexibility index (Phi) is 4.71. The molecule has 1 atom stereocenters. The molecule has 1 fully saturated rings. The highest BCUT2D eigenvalue weighted by atomic mass is 16.5. The van der Waals surface area contributed by atoms with Crippen LogP contribution in [0, 0.1) is 0 Å². The summed E-state index contributed by atoms with van der Waals surface area (Å²) in [4.78, 5) is 14.3. The van der Waals surface area contributed by atoms with E-state index in [-0.39, 0.29) is 11.9 Å². The zero-order chi connectivity index (χ0) is 14.5. The van der Waals surface area contributed by atoms with Crippen LogP contribution in [0.25, 0.3) is 0 Å². The van der Waals surface area contributed by atoms with Crippen LogP contribution in [-0.4, -0.2) is 37.0 Å². The van der Waals surface area contributed by atoms with Gasteiger partial charge in [0.25, 0.3) is 0 Å². The standard InChI is InChI=1S/C15H23N3O2/c1-11(15(19)18-8-4-3-5-9-18)17-12-6-7-13(16)14(10-12)20-2/h6-7,10-11,17H,3-5,8-9,16H2,1-2H3. The number of likely N-dealkylation sites (tertiary alicyclic amines) is 1. The Hall–Kier alpha value is -1.91. The van der Waals surface area contributed by atoms with Gasteiger partial charge < -0.3 is 20.7 Å². The lowest BCUT2D eigenvalue weighted by Crippen LogP contribution is -2.43. The maximum Gasteiger partial charge on any atom is 0.244 e. The normalized spacial score (nSPS) is 16.6. The van der Waals surface area contributed by atoms with Crippen molar-refractivity contribution in [2.75, 3.05) is 31.2 Å². The lowest BCUT2D eigenvalue weighted by molar-refractivity contribution is -0.132. The molecule has 5 heteroatoms. The SMILES string of the molecule is COc1cc(NC(C)C(=O)N2CCCCC2)ccc1N. The lowest BCUT2D eigenvalue weighted by Gasteiger charge is -2.29. The molecule has 1 unspecified atom stereocenters. The molecule has 1 heterocycles. The number of benzene rings is 1. The highest BCUT2D eigenvalue weighted by Crippen LogP contribution is 2.25. The lowest BCUT2D eigenvalue weighted by atomic mass is 10.1. The Morgan fingerprint density at radius 1 is 1.35 bits per heavy atom. The van der Waals surface area contributed by atoms with Crippen molar-refractivity contribution >= 4 is 17.3 Å². The minimum Gasteiger partial charge on any atom is -0.495 e. The summed E-state index contributed by atoms with van der Waals surface area (Å²) >= 11 is 0. The number of ether oxygens (including phenoxy) is 1. The van der Waals surface area contributed by atoms with E-state index in [1.807, 2.05) is 24.0 Å². The molecule has 110 valence electrons. The Bertz CT molecular complexity index is 470. The maximum absolute atomic E-state index is 12.3. The van der Waals surface area contributed by atoms with Gasteiger partial charge in [0.05, 0.1) is 12.8 Å². The van der Waals surface area contributed by atoms with E-state index in [0.29, 0.717) is 11.4 Å². The Balaban J connectivity index is 1.99. The van der Waals surface area contributed by atoms with Gasteiger partial charge in [0.15, 0.2) is 0 Å². The predicted octanol–water partition coefficient (Wildman–Crippen LogP) is 2.09. The number of nitrogens with zero attached hydrogens (tertiary/aromatic N) is 1. The van der Waals surface area contributed by atoms with Crippen molar-refractivity contribution in [1.82, 2.24) is 4.90 Å². The van der Waals surface area contributed by atoms with Crippen molar-refractivity contribution in [3.05, 3.63) is 18.2 Å². The molecule has 0 spiro atoms. The third-order valence-corrected chi connectivity index (χ3v) is 3.65. The molecule has 0 saturated carbocycles. The zero-order valence-electron chi connectivity index (χ0n) is 12.2. The minimum atomic E-state index is -0.249. The number of nitrogens with two attached hydrogens (primary N) is 1. The van der Waals surface area contributed by atoms with Crippen LogP contribution in [0.5, 0.6) is 5.75 Å². The van der Waals surface area contributed by atoms with Crippen LogP contribution in [0.3, 0.4) is 0 Å². The van der Waals surface area contributed by atoms with Gasteiger partial charge in [-0.15, -0.1) is 0 Å². The number of anilines is 2. The van der Waals surface area contributed by atoms with Gasteiger partial charge in [-0.1, -0.05) is 0 Å². The summed E-state index contributed by atoms with van der Waals surface area (Å²) in [6.07, 6.45) is 3.43. The van der Waals surface area contributed by atoms with Gasteiger partial charge in [0.2, 0.25) is 5.91 Å². The molecular formula is C15H23N3O2. The summed E-state index contributed by atoms with van der Waals surface area (Å²) in [5, 5.41) is 3.21. The van der Waals surface area contributed by atoms with E-state index < -0.39 is 0 Å². The number of methoxy groups -OCH3 is 1. The average molecular weight is 277 g/mol. The number of piperidine rings is 1. The van der Waals surface area contributed by atoms with E-state index in [9.17, 15) is 4.79 Å². The van der Waals surface area contributed by atoms with Crippen molar-refractivity contribution in [1.29, 1.82) is 0 Å². The van der Waals surface area contributed by atoms with Crippen LogP contribution in [0.2, 0.25) is 0 Å². The average Bonchev–Trinajstić information content (AvgIpc) is 2.49. The molecule has 0 aromatic heterocycles. The summed E-state index contributed by atoms with van der Waals surface area (Å²) in [5.74, 6) is 0.771. The monoisotopic (exact) mass is 277 g/mol. The molecule has 1 aromatic rings. The third kappa shape index (κ3) is 3.35. The maximum atomic E-state index is 12.3. The quantitative estimate of drug-likeness (QED) is 0.827. The molecule has 0 bridgehead atoms. The second-order valence-corrected chi connectivity index (χ2v) is 5.21. The van der Waals surface area contributed by atoms with Gasteiger partial charge in [0, 0.05) is 24.8 Å². The molecule has 2 rings (SSSR count). The van der Waals surface area contributed by atoms with E-state index in [4.69, 9.17) is 10.5 Å². The summed E-state index contributed by atoms with van der Waals surface area (Å²) in [6, 6.07) is 5.20. The van der Waals surface area contributed by atoms with Gasteiger partial charge in [0.1, 0.15) is 11.8 Å². The molecule has 0 radical (unpaired) electrons. The number of carbonyl (C=O) groups excluding carboxylic acids is 1. The smallest absolute Gasteiger partial charge is 0.244 e. The van der Waals surface area contributed by atoms with E-state index in [2.05, 4.69) is 5.32 Å². The van der Waals surface area contributed by atoms with Crippen molar-refractivity contribution in [2.24, 2.45) is 0 Å². The zero-order valence-corrected chi connectivity index (χ0v) is 12.2. The van der Waals surface area contributed by atoms with Crippen LogP contribution < -0.4 is 15.8 Å². The molecule has 3 N–H and O–H groups in total. The fourth-order valence-electron chi connectivity index (χ4n) is 2.50. The fourth-order valence-corrected chi connectivity index (χ4v) is 2.50. The first-order valence-electron chi connectivity index (χ1n) is 7.10. The number of rotatable bonds is 4. The van der Waals surface area contributed by atoms with E-state index in [0.717, 1.165) is 31.6 Å². The molecule has 1 aliphatic heterocycles. The largest absolute Gasteiger partial charge is 0.495 e.